The second-order valence-electron chi connectivity index (χ2n) is 8.46. The van der Waals surface area contributed by atoms with Crippen LogP contribution in [0.5, 0.6) is 0 Å². The number of benzene rings is 1. The third-order valence-corrected chi connectivity index (χ3v) is 6.89. The quantitative estimate of drug-likeness (QED) is 0.325. The molecule has 186 valence electrons. The van der Waals surface area contributed by atoms with Gasteiger partial charge in [0.15, 0.2) is 5.13 Å². The Morgan fingerprint density at radius 2 is 2.03 bits per heavy atom. The van der Waals surface area contributed by atoms with Crippen LogP contribution in [0.2, 0.25) is 0 Å². The van der Waals surface area contributed by atoms with E-state index in [1.54, 1.807) is 12.3 Å². The second-order valence-corrected chi connectivity index (χ2v) is 9.43. The van der Waals surface area contributed by atoms with Crippen LogP contribution in [0.4, 0.5) is 25.5 Å². The third-order valence-electron chi connectivity index (χ3n) is 6.01. The summed E-state index contributed by atoms with van der Waals surface area (Å²) in [5.74, 6) is -0.187. The SMILES string of the molecule is COC(=O)C1CCCN1Cc1ccc(Nc2nc3ccc(NCc4ccc(F)cc4F)nc3s2)nc1. The van der Waals surface area contributed by atoms with Gasteiger partial charge in [0.1, 0.15) is 39.7 Å². The van der Waals surface area contributed by atoms with E-state index in [9.17, 15) is 13.6 Å². The molecular weight excluding hydrogens is 486 g/mol. The molecule has 4 aromatic rings. The van der Waals surface area contributed by atoms with Crippen LogP contribution < -0.4 is 10.6 Å². The Morgan fingerprint density at radius 3 is 2.81 bits per heavy atom. The van der Waals surface area contributed by atoms with Crippen LogP contribution in [0.25, 0.3) is 10.3 Å². The van der Waals surface area contributed by atoms with Crippen molar-refractivity contribution in [2.45, 2.75) is 32.0 Å². The number of ether oxygens (including phenoxy) is 1. The number of likely N-dealkylation sites (tertiary alicyclic amines) is 1. The van der Waals surface area contributed by atoms with E-state index in [-0.39, 0.29) is 18.6 Å². The highest BCUT2D eigenvalue weighted by molar-refractivity contribution is 7.21. The number of thiazole rings is 1. The number of carbonyl (C=O) groups excluding carboxylic acids is 1. The van der Waals surface area contributed by atoms with E-state index in [0.717, 1.165) is 36.5 Å². The Labute approximate surface area is 210 Å². The van der Waals surface area contributed by atoms with Gasteiger partial charge in [-0.25, -0.2) is 23.7 Å². The molecule has 1 aliphatic heterocycles. The molecule has 0 bridgehead atoms. The van der Waals surface area contributed by atoms with E-state index in [2.05, 4.69) is 30.5 Å². The topological polar surface area (TPSA) is 92.3 Å². The van der Waals surface area contributed by atoms with Crippen molar-refractivity contribution < 1.29 is 18.3 Å². The monoisotopic (exact) mass is 510 g/mol. The van der Waals surface area contributed by atoms with Crippen LogP contribution in [0.3, 0.4) is 0 Å². The number of nitrogens with one attached hydrogen (secondary N) is 2. The Hall–Kier alpha value is -3.70. The molecule has 1 aliphatic rings. The van der Waals surface area contributed by atoms with Crippen LogP contribution in [0.1, 0.15) is 24.0 Å². The molecule has 1 saturated heterocycles. The molecule has 4 heterocycles. The van der Waals surface area contributed by atoms with E-state index in [0.29, 0.717) is 33.7 Å². The number of methoxy groups -OCH3 is 1. The number of rotatable bonds is 8. The van der Waals surface area contributed by atoms with Crippen molar-refractivity contribution in [1.82, 2.24) is 19.9 Å². The minimum atomic E-state index is -0.608. The molecule has 0 radical (unpaired) electrons. The molecule has 0 saturated carbocycles. The average Bonchev–Trinajstić information content (AvgIpc) is 3.50. The van der Waals surface area contributed by atoms with Gasteiger partial charge in [-0.3, -0.25) is 9.69 Å². The fourth-order valence-electron chi connectivity index (χ4n) is 4.17. The molecule has 0 spiro atoms. The molecule has 5 rings (SSSR count). The van der Waals surface area contributed by atoms with Crippen LogP contribution in [-0.4, -0.2) is 45.5 Å². The molecule has 0 amide bonds. The van der Waals surface area contributed by atoms with Gasteiger partial charge in [-0.15, -0.1) is 0 Å². The maximum Gasteiger partial charge on any atom is 0.323 e. The number of anilines is 3. The number of fused-ring (bicyclic) bond motifs is 1. The van der Waals surface area contributed by atoms with E-state index >= 15 is 0 Å². The Balaban J connectivity index is 1.21. The summed E-state index contributed by atoms with van der Waals surface area (Å²) in [4.78, 5) is 28.4. The number of pyridine rings is 2. The van der Waals surface area contributed by atoms with E-state index in [1.165, 1.54) is 30.6 Å². The van der Waals surface area contributed by atoms with Crippen molar-refractivity contribution in [2.24, 2.45) is 0 Å². The molecule has 1 atom stereocenters. The number of esters is 1. The predicted octanol–water partition coefficient (Wildman–Crippen LogP) is 4.86. The maximum atomic E-state index is 13.9. The summed E-state index contributed by atoms with van der Waals surface area (Å²) in [7, 11) is 1.42. The highest BCUT2D eigenvalue weighted by Gasteiger charge is 2.31. The van der Waals surface area contributed by atoms with Crippen LogP contribution >= 0.6 is 11.3 Å². The minimum Gasteiger partial charge on any atom is -0.468 e. The van der Waals surface area contributed by atoms with Gasteiger partial charge in [0.2, 0.25) is 0 Å². The van der Waals surface area contributed by atoms with Gasteiger partial charge in [0, 0.05) is 30.9 Å². The zero-order valence-corrected chi connectivity index (χ0v) is 20.3. The molecular formula is C25H24F2N6O2S. The van der Waals surface area contributed by atoms with Gasteiger partial charge in [-0.1, -0.05) is 23.5 Å². The first-order valence-corrected chi connectivity index (χ1v) is 12.3. The standard InChI is InChI=1S/C25H24F2N6O2S/c1-35-24(34)20-3-2-10-33(20)14-15-4-8-22(28-12-15)32-25-30-19-7-9-21(31-23(19)36-25)29-13-16-5-6-17(26)11-18(16)27/h4-9,11-12,20H,2-3,10,13-14H2,1H3,(H,29,31)(H,28,30,32). The molecule has 11 heteroatoms. The summed E-state index contributed by atoms with van der Waals surface area (Å²) < 4.78 is 31.9. The van der Waals surface area contributed by atoms with Crippen molar-refractivity contribution >= 4 is 44.4 Å². The summed E-state index contributed by atoms with van der Waals surface area (Å²) in [5.41, 5.74) is 2.08. The fraction of sp³-hybridized carbons (Fsp3) is 0.280. The first-order valence-electron chi connectivity index (χ1n) is 11.5. The Morgan fingerprint density at radius 1 is 1.17 bits per heavy atom. The minimum absolute atomic E-state index is 0.183. The molecule has 8 nitrogen and oxygen atoms in total. The van der Waals surface area contributed by atoms with Crippen LogP contribution in [0.15, 0.2) is 48.7 Å². The van der Waals surface area contributed by atoms with Crippen molar-refractivity contribution in [2.75, 3.05) is 24.3 Å². The lowest BCUT2D eigenvalue weighted by Crippen LogP contribution is -2.36. The van der Waals surface area contributed by atoms with Gasteiger partial charge in [0.05, 0.1) is 7.11 Å². The van der Waals surface area contributed by atoms with Gasteiger partial charge >= 0.3 is 5.97 Å². The van der Waals surface area contributed by atoms with Crippen molar-refractivity contribution in [1.29, 1.82) is 0 Å². The molecule has 1 fully saturated rings. The van der Waals surface area contributed by atoms with Gasteiger partial charge in [0.25, 0.3) is 0 Å². The number of aromatic nitrogens is 3. The molecule has 36 heavy (non-hydrogen) atoms. The predicted molar refractivity (Wildman–Crippen MR) is 134 cm³/mol. The highest BCUT2D eigenvalue weighted by atomic mass is 32.1. The molecule has 3 aromatic heterocycles. The van der Waals surface area contributed by atoms with Gasteiger partial charge < -0.3 is 15.4 Å². The fourth-order valence-corrected chi connectivity index (χ4v) is 5.02. The third kappa shape index (κ3) is 5.42. The Kier molecular flexibility index (Phi) is 7.01. The first-order chi connectivity index (χ1) is 17.5. The second kappa shape index (κ2) is 10.5. The maximum absolute atomic E-state index is 13.9. The lowest BCUT2D eigenvalue weighted by Gasteiger charge is -2.22. The lowest BCUT2D eigenvalue weighted by atomic mass is 10.2. The number of hydrogen-bond acceptors (Lipinski definition) is 9. The zero-order chi connectivity index (χ0) is 25.1. The average molecular weight is 511 g/mol. The summed E-state index contributed by atoms with van der Waals surface area (Å²) in [6, 6.07) is 10.7. The number of nitrogens with zero attached hydrogens (tertiary/aromatic N) is 4. The van der Waals surface area contributed by atoms with Crippen LogP contribution in [-0.2, 0) is 22.6 Å². The number of hydrogen-bond donors (Lipinski definition) is 2. The zero-order valence-electron chi connectivity index (χ0n) is 19.5. The van der Waals surface area contributed by atoms with Crippen LogP contribution in [0, 0.1) is 11.6 Å². The summed E-state index contributed by atoms with van der Waals surface area (Å²) in [6.45, 7) is 1.67. The molecule has 2 N–H and O–H groups in total. The normalized spacial score (nSPS) is 15.8. The van der Waals surface area contributed by atoms with Crippen molar-refractivity contribution in [3.8, 4) is 0 Å². The smallest absolute Gasteiger partial charge is 0.323 e. The molecule has 1 unspecified atom stereocenters. The van der Waals surface area contributed by atoms with Gasteiger partial charge in [-0.2, -0.15) is 0 Å². The van der Waals surface area contributed by atoms with Crippen molar-refractivity contribution in [3.05, 3.63) is 71.4 Å². The van der Waals surface area contributed by atoms with E-state index < -0.39 is 11.6 Å². The summed E-state index contributed by atoms with van der Waals surface area (Å²) in [6.07, 6.45) is 3.57. The molecule has 1 aromatic carbocycles. The van der Waals surface area contributed by atoms with Crippen molar-refractivity contribution in [3.63, 3.8) is 0 Å². The highest BCUT2D eigenvalue weighted by Crippen LogP contribution is 2.28. The number of carbonyl (C=O) groups is 1. The number of halogens is 2. The van der Waals surface area contributed by atoms with E-state index in [1.807, 2.05) is 18.2 Å². The molecule has 0 aliphatic carbocycles. The van der Waals surface area contributed by atoms with E-state index in [4.69, 9.17) is 4.74 Å². The Bertz CT molecular complexity index is 1380. The largest absolute Gasteiger partial charge is 0.468 e. The lowest BCUT2D eigenvalue weighted by molar-refractivity contribution is -0.146. The first kappa shape index (κ1) is 24.0. The summed E-state index contributed by atoms with van der Waals surface area (Å²) >= 11 is 1.37. The van der Waals surface area contributed by atoms with Gasteiger partial charge in [-0.05, 0) is 49.2 Å². The summed E-state index contributed by atoms with van der Waals surface area (Å²) in [5, 5.41) is 6.91.